The molecule has 0 unspecified atom stereocenters. The lowest BCUT2D eigenvalue weighted by Gasteiger charge is -2.03. The van der Waals surface area contributed by atoms with E-state index < -0.39 is 7.12 Å². The second-order valence-corrected chi connectivity index (χ2v) is 2.58. The molecule has 0 saturated heterocycles. The first-order valence-electron chi connectivity index (χ1n) is 3.83. The molecule has 0 atom stereocenters. The SMILES string of the molecule is COc1nc(B(O)O)cn2ncnc12. The molecule has 0 aromatic carbocycles. The second kappa shape index (κ2) is 3.24. The first-order valence-corrected chi connectivity index (χ1v) is 3.83. The molecule has 2 rings (SSSR count). The summed E-state index contributed by atoms with van der Waals surface area (Å²) in [5.74, 6) is 0.202. The number of ether oxygens (including phenoxy) is 1. The summed E-state index contributed by atoms with van der Waals surface area (Å²) in [5, 5.41) is 21.7. The number of hydrogen-bond donors (Lipinski definition) is 2. The first kappa shape index (κ1) is 8.91. The van der Waals surface area contributed by atoms with E-state index in [0.717, 1.165) is 0 Å². The molecule has 72 valence electrons. The molecule has 0 saturated carbocycles. The molecule has 0 spiro atoms. The quantitative estimate of drug-likeness (QED) is 0.527. The third kappa shape index (κ3) is 1.30. The van der Waals surface area contributed by atoms with Crippen LogP contribution in [0.2, 0.25) is 0 Å². The molecule has 0 bridgehead atoms. The fourth-order valence-corrected chi connectivity index (χ4v) is 1.08. The van der Waals surface area contributed by atoms with Gasteiger partial charge in [-0.05, 0) is 0 Å². The molecule has 0 fully saturated rings. The second-order valence-electron chi connectivity index (χ2n) is 2.58. The van der Waals surface area contributed by atoms with Gasteiger partial charge < -0.3 is 14.8 Å². The summed E-state index contributed by atoms with van der Waals surface area (Å²) in [7, 11) is -0.234. The van der Waals surface area contributed by atoms with Crippen molar-refractivity contribution in [3.63, 3.8) is 0 Å². The number of rotatable bonds is 2. The van der Waals surface area contributed by atoms with E-state index in [1.54, 1.807) is 0 Å². The normalized spacial score (nSPS) is 10.5. The number of aromatic nitrogens is 4. The van der Waals surface area contributed by atoms with Crippen LogP contribution in [0.5, 0.6) is 5.88 Å². The summed E-state index contributed by atoms with van der Waals surface area (Å²) >= 11 is 0. The monoisotopic (exact) mass is 194 g/mol. The van der Waals surface area contributed by atoms with Crippen molar-refractivity contribution in [1.82, 2.24) is 19.6 Å². The van der Waals surface area contributed by atoms with Crippen LogP contribution in [0.15, 0.2) is 12.5 Å². The van der Waals surface area contributed by atoms with Gasteiger partial charge in [0.2, 0.25) is 5.65 Å². The lowest BCUT2D eigenvalue weighted by atomic mass is 9.87. The zero-order valence-electron chi connectivity index (χ0n) is 7.32. The van der Waals surface area contributed by atoms with Crippen LogP contribution in [0.1, 0.15) is 0 Å². The average molecular weight is 194 g/mol. The Morgan fingerprint density at radius 3 is 2.93 bits per heavy atom. The molecule has 0 aliphatic rings. The molecule has 2 N–H and O–H groups in total. The highest BCUT2D eigenvalue weighted by Gasteiger charge is 2.17. The molecule has 2 aromatic rings. The third-order valence-electron chi connectivity index (χ3n) is 1.71. The van der Waals surface area contributed by atoms with Crippen LogP contribution < -0.4 is 10.3 Å². The van der Waals surface area contributed by atoms with Gasteiger partial charge in [-0.3, -0.25) is 0 Å². The minimum absolute atomic E-state index is 0.0554. The van der Waals surface area contributed by atoms with Gasteiger partial charge in [0.25, 0.3) is 5.88 Å². The smallest absolute Gasteiger partial charge is 0.478 e. The van der Waals surface area contributed by atoms with E-state index in [-0.39, 0.29) is 11.5 Å². The highest BCUT2D eigenvalue weighted by Crippen LogP contribution is 2.09. The Bertz CT molecular complexity index is 457. The van der Waals surface area contributed by atoms with Gasteiger partial charge in [0.1, 0.15) is 6.33 Å². The highest BCUT2D eigenvalue weighted by atomic mass is 16.5. The lowest BCUT2D eigenvalue weighted by molar-refractivity contribution is 0.396. The van der Waals surface area contributed by atoms with Gasteiger partial charge in [-0.25, -0.2) is 14.5 Å². The van der Waals surface area contributed by atoms with Gasteiger partial charge in [0, 0.05) is 6.20 Å². The van der Waals surface area contributed by atoms with Crippen LogP contribution in [-0.2, 0) is 0 Å². The fraction of sp³-hybridized carbons (Fsp3) is 0.167. The van der Waals surface area contributed by atoms with Crippen molar-refractivity contribution in [2.45, 2.75) is 0 Å². The molecule has 0 aliphatic heterocycles. The maximum atomic E-state index is 8.92. The van der Waals surface area contributed by atoms with Crippen molar-refractivity contribution in [3.8, 4) is 5.88 Å². The van der Waals surface area contributed by atoms with Crippen LogP contribution in [-0.4, -0.2) is 43.9 Å². The number of hydrogen-bond acceptors (Lipinski definition) is 6. The lowest BCUT2D eigenvalue weighted by Crippen LogP contribution is -2.34. The van der Waals surface area contributed by atoms with Crippen molar-refractivity contribution in [1.29, 1.82) is 0 Å². The van der Waals surface area contributed by atoms with Gasteiger partial charge in [-0.1, -0.05) is 0 Å². The third-order valence-corrected chi connectivity index (χ3v) is 1.71. The Labute approximate surface area is 79.1 Å². The minimum Gasteiger partial charge on any atom is -0.478 e. The molecule has 0 radical (unpaired) electrons. The van der Waals surface area contributed by atoms with Crippen LogP contribution >= 0.6 is 0 Å². The Morgan fingerprint density at radius 1 is 1.50 bits per heavy atom. The van der Waals surface area contributed by atoms with E-state index in [0.29, 0.717) is 5.65 Å². The summed E-state index contributed by atoms with van der Waals surface area (Å²) in [4.78, 5) is 7.74. The summed E-state index contributed by atoms with van der Waals surface area (Å²) in [6.45, 7) is 0. The van der Waals surface area contributed by atoms with Gasteiger partial charge in [-0.2, -0.15) is 5.10 Å². The van der Waals surface area contributed by atoms with E-state index in [9.17, 15) is 0 Å². The maximum absolute atomic E-state index is 8.92. The van der Waals surface area contributed by atoms with Crippen molar-refractivity contribution in [3.05, 3.63) is 12.5 Å². The molecule has 0 amide bonds. The van der Waals surface area contributed by atoms with E-state index in [1.165, 1.54) is 24.1 Å². The van der Waals surface area contributed by atoms with E-state index in [1.807, 2.05) is 0 Å². The predicted octanol–water partition coefficient (Wildman–Crippen LogP) is -2.19. The molecular formula is C6H7BN4O3. The van der Waals surface area contributed by atoms with Crippen LogP contribution in [0.25, 0.3) is 5.65 Å². The molecule has 2 heterocycles. The van der Waals surface area contributed by atoms with Crippen molar-refractivity contribution in [2.75, 3.05) is 7.11 Å². The predicted molar refractivity (Wildman–Crippen MR) is 47.2 cm³/mol. The topological polar surface area (TPSA) is 92.8 Å². The van der Waals surface area contributed by atoms with E-state index in [2.05, 4.69) is 15.1 Å². The molecule has 0 aliphatic carbocycles. The standard InChI is InChI=1S/C6H7BN4O3/c1-14-6-5-8-3-9-11(5)2-4(10-6)7(12)13/h2-3,12-13H,1H3. The highest BCUT2D eigenvalue weighted by molar-refractivity contribution is 6.57. The maximum Gasteiger partial charge on any atom is 0.509 e. The summed E-state index contributed by atoms with van der Waals surface area (Å²) < 4.78 is 6.28. The summed E-state index contributed by atoms with van der Waals surface area (Å²) in [6.07, 6.45) is 2.70. The summed E-state index contributed by atoms with van der Waals surface area (Å²) in [5.41, 5.74) is 0.483. The molecule has 14 heavy (non-hydrogen) atoms. The Hall–Kier alpha value is -1.67. The van der Waals surface area contributed by atoms with Crippen molar-refractivity contribution < 1.29 is 14.8 Å². The molecule has 8 heteroatoms. The van der Waals surface area contributed by atoms with Crippen molar-refractivity contribution in [2.24, 2.45) is 0 Å². The Morgan fingerprint density at radius 2 is 2.29 bits per heavy atom. The molecular weight excluding hydrogens is 187 g/mol. The average Bonchev–Trinajstić information content (AvgIpc) is 2.63. The van der Waals surface area contributed by atoms with E-state index in [4.69, 9.17) is 14.8 Å². The number of methoxy groups -OCH3 is 1. The largest absolute Gasteiger partial charge is 0.509 e. The van der Waals surface area contributed by atoms with Crippen LogP contribution in [0.3, 0.4) is 0 Å². The van der Waals surface area contributed by atoms with Gasteiger partial charge in [-0.15, -0.1) is 0 Å². The fourth-order valence-electron chi connectivity index (χ4n) is 1.08. The minimum atomic E-state index is -1.66. The van der Waals surface area contributed by atoms with Gasteiger partial charge in [0.05, 0.1) is 12.7 Å². The van der Waals surface area contributed by atoms with Crippen LogP contribution in [0.4, 0.5) is 0 Å². The first-order chi connectivity index (χ1) is 6.72. The van der Waals surface area contributed by atoms with Crippen molar-refractivity contribution >= 4 is 18.4 Å². The Kier molecular flexibility index (Phi) is 2.06. The molecule has 2 aromatic heterocycles. The van der Waals surface area contributed by atoms with Crippen LogP contribution in [0, 0.1) is 0 Å². The zero-order chi connectivity index (χ0) is 10.1. The van der Waals surface area contributed by atoms with Gasteiger partial charge >= 0.3 is 7.12 Å². The molecule has 7 nitrogen and oxygen atoms in total. The number of nitrogens with zero attached hydrogens (tertiary/aromatic N) is 4. The number of fused-ring (bicyclic) bond motifs is 1. The summed E-state index contributed by atoms with van der Waals surface area (Å²) in [6, 6.07) is 0. The van der Waals surface area contributed by atoms with Gasteiger partial charge in [0.15, 0.2) is 0 Å². The zero-order valence-corrected chi connectivity index (χ0v) is 7.32. The Balaban J connectivity index is 2.67. The van der Waals surface area contributed by atoms with E-state index >= 15 is 0 Å².